The molecule has 0 aliphatic carbocycles. The van der Waals surface area contributed by atoms with E-state index in [1.165, 1.54) is 167 Å². The summed E-state index contributed by atoms with van der Waals surface area (Å²) in [4.78, 5) is 2.88. The fourth-order valence-electron chi connectivity index (χ4n) is 5.35. The van der Waals surface area contributed by atoms with Crippen molar-refractivity contribution in [3.63, 3.8) is 0 Å². The van der Waals surface area contributed by atoms with Crippen LogP contribution in [0.3, 0.4) is 0 Å². The lowest BCUT2D eigenvalue weighted by molar-refractivity contribution is 0.135. The highest BCUT2D eigenvalue weighted by molar-refractivity contribution is 4.77. The number of piperidine rings is 1. The smallest absolute Gasteiger partial charge is 0.00952 e. The van der Waals surface area contributed by atoms with Crippen molar-refractivity contribution in [2.75, 3.05) is 13.1 Å². The Kier molecular flexibility index (Phi) is 20.7. The Morgan fingerprint density at radius 1 is 0.500 bits per heavy atom. The van der Waals surface area contributed by atoms with Gasteiger partial charge >= 0.3 is 0 Å². The summed E-state index contributed by atoms with van der Waals surface area (Å²) in [5.41, 5.74) is 0. The molecule has 1 nitrogen and oxygen atoms in total. The van der Waals surface area contributed by atoms with E-state index in [0.717, 1.165) is 6.04 Å². The van der Waals surface area contributed by atoms with Gasteiger partial charge in [0.05, 0.1) is 0 Å². The van der Waals surface area contributed by atoms with Gasteiger partial charge in [-0.15, -0.1) is 0 Å². The third-order valence-corrected chi connectivity index (χ3v) is 7.44. The second-order valence-corrected chi connectivity index (χ2v) is 10.3. The van der Waals surface area contributed by atoms with Crippen LogP contribution in [0.5, 0.6) is 0 Å². The molecule has 0 spiro atoms. The van der Waals surface area contributed by atoms with Gasteiger partial charge in [-0.05, 0) is 38.8 Å². The first kappa shape index (κ1) is 28.0. The van der Waals surface area contributed by atoms with Crippen LogP contribution in [-0.4, -0.2) is 24.0 Å². The normalized spacial score (nSPS) is 17.6. The largest absolute Gasteiger partial charge is 0.300 e. The van der Waals surface area contributed by atoms with Gasteiger partial charge in [-0.3, -0.25) is 0 Å². The Labute approximate surface area is 192 Å². The highest BCUT2D eigenvalue weighted by Crippen LogP contribution is 2.23. The number of hydrogen-bond donors (Lipinski definition) is 0. The molecule has 1 fully saturated rings. The number of unbranched alkanes of at least 4 members (excludes halogenated alkanes) is 18. The third-order valence-electron chi connectivity index (χ3n) is 7.44. The van der Waals surface area contributed by atoms with Crippen molar-refractivity contribution < 1.29 is 0 Å². The van der Waals surface area contributed by atoms with E-state index in [4.69, 9.17) is 0 Å². The second kappa shape index (κ2) is 22.2. The first-order chi connectivity index (χ1) is 14.9. The molecule has 1 unspecified atom stereocenters. The van der Waals surface area contributed by atoms with Crippen LogP contribution in [0.15, 0.2) is 0 Å². The van der Waals surface area contributed by atoms with Crippen LogP contribution in [0.4, 0.5) is 0 Å². The van der Waals surface area contributed by atoms with Gasteiger partial charge in [-0.1, -0.05) is 142 Å². The predicted molar refractivity (Wildman–Crippen MR) is 138 cm³/mol. The van der Waals surface area contributed by atoms with Gasteiger partial charge in [0.25, 0.3) is 0 Å². The Bertz CT molecular complexity index is 294. The zero-order valence-corrected chi connectivity index (χ0v) is 21.4. The Morgan fingerprint density at radius 3 is 1.43 bits per heavy atom. The maximum absolute atomic E-state index is 2.88. The topological polar surface area (TPSA) is 3.24 Å². The summed E-state index contributed by atoms with van der Waals surface area (Å²) in [5.74, 6) is 0. The number of nitrogens with zero attached hydrogens (tertiary/aromatic N) is 1. The molecular weight excluding hydrogens is 362 g/mol. The minimum Gasteiger partial charge on any atom is -0.300 e. The minimum absolute atomic E-state index is 0.923. The number of rotatable bonds is 22. The van der Waals surface area contributed by atoms with Crippen molar-refractivity contribution in [2.24, 2.45) is 0 Å². The lowest BCUT2D eigenvalue weighted by atomic mass is 9.95. The van der Waals surface area contributed by atoms with Crippen molar-refractivity contribution in [3.05, 3.63) is 0 Å². The van der Waals surface area contributed by atoms with E-state index in [-0.39, 0.29) is 0 Å². The molecule has 30 heavy (non-hydrogen) atoms. The molecule has 0 saturated carbocycles. The third kappa shape index (κ3) is 16.6. The van der Waals surface area contributed by atoms with Gasteiger partial charge in [-0.25, -0.2) is 0 Å². The molecule has 1 rings (SSSR count). The van der Waals surface area contributed by atoms with E-state index in [0.29, 0.717) is 0 Å². The summed E-state index contributed by atoms with van der Waals surface area (Å²) >= 11 is 0. The Morgan fingerprint density at radius 2 is 0.933 bits per heavy atom. The minimum atomic E-state index is 0.923. The van der Waals surface area contributed by atoms with E-state index in [1.807, 2.05) is 0 Å². The summed E-state index contributed by atoms with van der Waals surface area (Å²) in [6.45, 7) is 7.40. The molecule has 0 radical (unpaired) electrons. The molecule has 1 aliphatic rings. The molecule has 1 aliphatic heterocycles. The summed E-state index contributed by atoms with van der Waals surface area (Å²) in [6.07, 6.45) is 35.1. The summed E-state index contributed by atoms with van der Waals surface area (Å²) < 4.78 is 0. The van der Waals surface area contributed by atoms with Crippen molar-refractivity contribution in [1.82, 2.24) is 4.90 Å². The fraction of sp³-hybridized carbons (Fsp3) is 1.00. The quantitative estimate of drug-likeness (QED) is 0.157. The molecule has 0 N–H and O–H groups in total. The molecular formula is C29H59N. The Balaban J connectivity index is 1.94. The lowest BCUT2D eigenvalue weighted by Gasteiger charge is -2.36. The van der Waals surface area contributed by atoms with Gasteiger partial charge in [0.2, 0.25) is 0 Å². The molecule has 1 heterocycles. The van der Waals surface area contributed by atoms with E-state index in [9.17, 15) is 0 Å². The molecule has 1 heteroatoms. The van der Waals surface area contributed by atoms with Crippen LogP contribution >= 0.6 is 0 Å². The highest BCUT2D eigenvalue weighted by Gasteiger charge is 2.21. The van der Waals surface area contributed by atoms with Crippen LogP contribution in [0.1, 0.15) is 168 Å². The van der Waals surface area contributed by atoms with Gasteiger partial charge in [-0.2, -0.15) is 0 Å². The standard InChI is InChI=1S/C29H59N/c1-3-5-7-9-11-13-15-17-19-21-25-29-26-22-24-28-30(29)27-23-20-18-16-14-12-10-8-6-4-2/h29H,3-28H2,1-2H3. The maximum Gasteiger partial charge on any atom is 0.00952 e. The van der Waals surface area contributed by atoms with E-state index in [1.54, 1.807) is 0 Å². The SMILES string of the molecule is CCCCCCCCCCCCC1CCCCN1CCCCCCCCCCCC. The van der Waals surface area contributed by atoms with Crippen LogP contribution in [0.2, 0.25) is 0 Å². The second-order valence-electron chi connectivity index (χ2n) is 10.3. The van der Waals surface area contributed by atoms with Crippen molar-refractivity contribution in [2.45, 2.75) is 174 Å². The molecule has 1 atom stereocenters. The number of hydrogen-bond acceptors (Lipinski definition) is 1. The molecule has 1 saturated heterocycles. The van der Waals surface area contributed by atoms with Crippen molar-refractivity contribution >= 4 is 0 Å². The molecule has 0 aromatic rings. The average Bonchev–Trinajstić information content (AvgIpc) is 2.77. The molecule has 0 bridgehead atoms. The van der Waals surface area contributed by atoms with Crippen LogP contribution in [-0.2, 0) is 0 Å². The zero-order chi connectivity index (χ0) is 21.5. The van der Waals surface area contributed by atoms with Crippen molar-refractivity contribution in [3.8, 4) is 0 Å². The molecule has 0 aromatic heterocycles. The van der Waals surface area contributed by atoms with E-state index in [2.05, 4.69) is 18.7 Å². The fourth-order valence-corrected chi connectivity index (χ4v) is 5.35. The zero-order valence-electron chi connectivity index (χ0n) is 21.4. The first-order valence-corrected chi connectivity index (χ1v) is 14.6. The highest BCUT2D eigenvalue weighted by atomic mass is 15.2. The monoisotopic (exact) mass is 421 g/mol. The van der Waals surface area contributed by atoms with Crippen molar-refractivity contribution in [1.29, 1.82) is 0 Å². The molecule has 180 valence electrons. The van der Waals surface area contributed by atoms with Gasteiger partial charge < -0.3 is 4.90 Å². The molecule has 0 amide bonds. The summed E-state index contributed by atoms with van der Waals surface area (Å²) in [6, 6.07) is 0.923. The van der Waals surface area contributed by atoms with E-state index >= 15 is 0 Å². The Hall–Kier alpha value is -0.0400. The van der Waals surface area contributed by atoms with E-state index < -0.39 is 0 Å². The summed E-state index contributed by atoms with van der Waals surface area (Å²) in [5, 5.41) is 0. The summed E-state index contributed by atoms with van der Waals surface area (Å²) in [7, 11) is 0. The van der Waals surface area contributed by atoms with Gasteiger partial charge in [0.1, 0.15) is 0 Å². The van der Waals surface area contributed by atoms with Crippen LogP contribution < -0.4 is 0 Å². The first-order valence-electron chi connectivity index (χ1n) is 14.6. The van der Waals surface area contributed by atoms with Crippen LogP contribution in [0.25, 0.3) is 0 Å². The average molecular weight is 422 g/mol. The van der Waals surface area contributed by atoms with Gasteiger partial charge in [0, 0.05) is 6.04 Å². The van der Waals surface area contributed by atoms with Gasteiger partial charge in [0.15, 0.2) is 0 Å². The predicted octanol–water partition coefficient (Wildman–Crippen LogP) is 10.1. The molecule has 0 aromatic carbocycles. The maximum atomic E-state index is 2.88. The van der Waals surface area contributed by atoms with Crippen LogP contribution in [0, 0.1) is 0 Å². The number of likely N-dealkylation sites (tertiary alicyclic amines) is 1. The lowest BCUT2D eigenvalue weighted by Crippen LogP contribution is -2.40.